The molecule has 0 saturated carbocycles. The van der Waals surface area contributed by atoms with Gasteiger partial charge in [-0.25, -0.2) is 15.0 Å². The van der Waals surface area contributed by atoms with E-state index in [1.807, 2.05) is 99.1 Å². The van der Waals surface area contributed by atoms with Crippen LogP contribution in [-0.2, 0) is 45.4 Å². The summed E-state index contributed by atoms with van der Waals surface area (Å²) in [5.74, 6) is 0.900. The number of aliphatic hydroxyl groups is 1. The number of fused-ring (bicyclic) bond motifs is 8. The van der Waals surface area contributed by atoms with Crippen LogP contribution in [0.4, 0.5) is 11.6 Å². The second-order valence-corrected chi connectivity index (χ2v) is 23.8. The van der Waals surface area contributed by atoms with Crippen LogP contribution in [0.1, 0.15) is 58.6 Å². The van der Waals surface area contributed by atoms with Gasteiger partial charge >= 0.3 is 0 Å². The Morgan fingerprint density at radius 1 is 0.765 bits per heavy atom. The van der Waals surface area contributed by atoms with E-state index < -0.39 is 18.2 Å². The Morgan fingerprint density at radius 2 is 1.47 bits per heavy atom. The van der Waals surface area contributed by atoms with Crippen LogP contribution in [0.3, 0.4) is 0 Å². The van der Waals surface area contributed by atoms with Gasteiger partial charge in [-0.05, 0) is 72.0 Å². The molecule has 0 unspecified atom stereocenters. The Labute approximate surface area is 502 Å². The van der Waals surface area contributed by atoms with Gasteiger partial charge in [-0.2, -0.15) is 0 Å². The minimum atomic E-state index is -0.886. The number of nitrogens with zero attached hydrogens (tertiary/aromatic N) is 9. The first-order valence-electron chi connectivity index (χ1n) is 30.0. The van der Waals surface area contributed by atoms with Gasteiger partial charge in [0.1, 0.15) is 36.8 Å². The number of nitrogens with one attached hydrogen (secondary N) is 2. The third kappa shape index (κ3) is 15.1. The summed E-state index contributed by atoms with van der Waals surface area (Å²) in [5, 5.41) is 17.3. The Balaban J connectivity index is 0.617. The number of piperazine rings is 2. The summed E-state index contributed by atoms with van der Waals surface area (Å²) in [6, 6.07) is 28.0. The largest absolute Gasteiger partial charge is 0.492 e. The molecule has 3 atom stereocenters. The van der Waals surface area contributed by atoms with Gasteiger partial charge in [-0.1, -0.05) is 74.5 Å². The van der Waals surface area contributed by atoms with Gasteiger partial charge in [0.25, 0.3) is 5.91 Å². The molecule has 3 amide bonds. The molecule has 5 aliphatic rings. The Kier molecular flexibility index (Phi) is 19.9. The van der Waals surface area contributed by atoms with Crippen molar-refractivity contribution < 1.29 is 38.4 Å². The number of thiazole rings is 1. The maximum atomic E-state index is 14.4. The number of aliphatic hydroxyl groups excluding tert-OH is 1. The first-order valence-corrected chi connectivity index (χ1v) is 30.8. The van der Waals surface area contributed by atoms with Gasteiger partial charge in [0.15, 0.2) is 0 Å². The van der Waals surface area contributed by atoms with E-state index in [-0.39, 0.29) is 43.1 Å². The average molecular weight is 1170 g/mol. The third-order valence-corrected chi connectivity index (χ3v) is 17.7. The number of β-amino-alcohol motifs (C(OH)–C–C–N with tert-alkyl or cyclic N) is 1. The molecule has 85 heavy (non-hydrogen) atoms. The van der Waals surface area contributed by atoms with Crippen LogP contribution in [-0.4, -0.2) is 197 Å². The van der Waals surface area contributed by atoms with E-state index in [0.29, 0.717) is 63.4 Å². The number of aromatic nitrogens is 3. The second-order valence-electron chi connectivity index (χ2n) is 23.0. The molecule has 4 aromatic carbocycles. The highest BCUT2D eigenvalue weighted by Crippen LogP contribution is 2.34. The van der Waals surface area contributed by atoms with E-state index >= 15 is 0 Å². The van der Waals surface area contributed by atoms with Crippen molar-refractivity contribution in [1.82, 2.24) is 49.7 Å². The minimum Gasteiger partial charge on any atom is -0.492 e. The molecular weight excluding hydrogens is 1090 g/mol. The van der Waals surface area contributed by atoms with Gasteiger partial charge < -0.3 is 44.5 Å². The number of likely N-dealkylation sites (tertiary alicyclic amines) is 1. The smallest absolute Gasteiger partial charge is 0.255 e. The van der Waals surface area contributed by atoms with E-state index in [1.165, 1.54) is 4.90 Å². The number of amides is 3. The highest BCUT2D eigenvalue weighted by molar-refractivity contribution is 7.13. The lowest BCUT2D eigenvalue weighted by atomic mass is 10.0. The first-order chi connectivity index (χ1) is 41.5. The number of benzene rings is 4. The molecule has 0 aliphatic carbocycles. The number of aryl methyl sites for hydroxylation is 1. The molecule has 6 bridgehead atoms. The SMILES string of the molecule is Cc1ncsc1-c1ccc(CNC(=O)[C@@H]2C[C@@H](O)CN2C(=O)[C@H](C(C)C)N2Cc3ccccc3C2=O)c(OCCN2CCN(CCN3CCN(CCOc4ccc5cc4COC/C=C/COCc4cccc(c4)-c4ccnc(n4)N5)CC3)CC2)c1. The van der Waals surface area contributed by atoms with Crippen molar-refractivity contribution in [3.63, 3.8) is 0 Å². The second kappa shape index (κ2) is 28.4. The lowest BCUT2D eigenvalue weighted by Crippen LogP contribution is -2.55. The van der Waals surface area contributed by atoms with Crippen LogP contribution < -0.4 is 20.1 Å². The first kappa shape index (κ1) is 59.6. The zero-order chi connectivity index (χ0) is 58.7. The Bertz CT molecular complexity index is 3290. The van der Waals surface area contributed by atoms with E-state index in [1.54, 1.807) is 28.5 Å². The predicted molar refractivity (Wildman–Crippen MR) is 328 cm³/mol. The minimum absolute atomic E-state index is 0.0203. The maximum Gasteiger partial charge on any atom is 0.255 e. The molecule has 448 valence electrons. The van der Waals surface area contributed by atoms with Crippen LogP contribution >= 0.6 is 11.3 Å². The highest BCUT2D eigenvalue weighted by atomic mass is 32.1. The fourth-order valence-electron chi connectivity index (χ4n) is 12.0. The standard InChI is InChI=1S/C65H79N11O8S/c1-45(2)60(76-40-51-10-4-5-12-55(51)63(76)79)64(80)75-41-54(77)38-57(75)62(78)67-39-50-14-13-49(61-46(3)68-44-85-61)37-59(50)84-34-30-74-27-23-72(24-28-74)20-19-71-21-25-73(26-22-71)29-33-83-58-16-15-53-36-52(58)43-82-32-7-6-31-81-42-47-9-8-11-48(35-47)56-17-18-66-65(69-53)70-56/h4-18,35-37,44-45,54,57,60,77H,19-34,38-43H2,1-3H3,(H,67,78)(H,66,69,70)/b7-6+/t54-,57+,60+/m1/s1. The lowest BCUT2D eigenvalue weighted by Gasteiger charge is -2.38. The summed E-state index contributed by atoms with van der Waals surface area (Å²) >= 11 is 1.58. The molecule has 3 N–H and O–H groups in total. The normalized spacial score (nSPS) is 19.9. The van der Waals surface area contributed by atoms with Gasteiger partial charge in [-0.15, -0.1) is 11.3 Å². The lowest BCUT2D eigenvalue weighted by molar-refractivity contribution is -0.143. The number of hydrogen-bond acceptors (Lipinski definition) is 17. The molecule has 19 nitrogen and oxygen atoms in total. The van der Waals surface area contributed by atoms with Gasteiger partial charge in [0, 0.05) is 139 Å². The summed E-state index contributed by atoms with van der Waals surface area (Å²) < 4.78 is 25.0. The fourth-order valence-corrected chi connectivity index (χ4v) is 12.8. The van der Waals surface area contributed by atoms with Gasteiger partial charge in [-0.3, -0.25) is 34.0 Å². The van der Waals surface area contributed by atoms with E-state index in [2.05, 4.69) is 64.5 Å². The molecule has 3 saturated heterocycles. The van der Waals surface area contributed by atoms with Crippen molar-refractivity contribution in [2.24, 2.45) is 5.92 Å². The zero-order valence-corrected chi connectivity index (χ0v) is 49.9. The quantitative estimate of drug-likeness (QED) is 0.0755. The van der Waals surface area contributed by atoms with Crippen molar-refractivity contribution >= 4 is 40.7 Å². The average Bonchev–Trinajstić information content (AvgIpc) is 4.12. The van der Waals surface area contributed by atoms with Crippen LogP contribution in [0.5, 0.6) is 11.5 Å². The number of carbonyl (C=O) groups is 3. The number of carbonyl (C=O) groups excluding carboxylic acids is 3. The summed E-state index contributed by atoms with van der Waals surface area (Å²) in [6.45, 7) is 20.9. The molecule has 0 spiro atoms. The number of hydrogen-bond donors (Lipinski definition) is 3. The van der Waals surface area contributed by atoms with Crippen LogP contribution in [0.15, 0.2) is 115 Å². The molecule has 3 fully saturated rings. The molecule has 6 aromatic rings. The van der Waals surface area contributed by atoms with Gasteiger partial charge in [0.2, 0.25) is 17.8 Å². The van der Waals surface area contributed by atoms with Crippen molar-refractivity contribution in [1.29, 1.82) is 0 Å². The maximum absolute atomic E-state index is 14.4. The molecule has 5 aliphatic heterocycles. The fraction of sp³-hybridized carbons (Fsp3) is 0.446. The van der Waals surface area contributed by atoms with Crippen molar-refractivity contribution in [2.75, 3.05) is 117 Å². The van der Waals surface area contributed by atoms with Crippen molar-refractivity contribution in [3.8, 4) is 33.2 Å². The van der Waals surface area contributed by atoms with Crippen LogP contribution in [0.2, 0.25) is 0 Å². The van der Waals surface area contributed by atoms with Crippen LogP contribution in [0, 0.1) is 12.8 Å². The number of rotatable bonds is 18. The van der Waals surface area contributed by atoms with E-state index in [9.17, 15) is 19.5 Å². The number of anilines is 2. The topological polar surface area (TPSA) is 191 Å². The van der Waals surface area contributed by atoms with Crippen molar-refractivity contribution in [2.45, 2.75) is 71.7 Å². The zero-order valence-electron chi connectivity index (χ0n) is 49.1. The summed E-state index contributed by atoms with van der Waals surface area (Å²) in [5.41, 5.74) is 10.8. The van der Waals surface area contributed by atoms with Gasteiger partial charge in [0.05, 0.1) is 54.3 Å². The molecule has 20 heteroatoms. The molecule has 7 heterocycles. The van der Waals surface area contributed by atoms with Crippen molar-refractivity contribution in [3.05, 3.63) is 148 Å². The van der Waals surface area contributed by atoms with E-state index in [0.717, 1.165) is 140 Å². The summed E-state index contributed by atoms with van der Waals surface area (Å²) in [6.07, 6.45) is 5.01. The Morgan fingerprint density at radius 3 is 2.18 bits per heavy atom. The molecule has 0 radical (unpaired) electrons. The summed E-state index contributed by atoms with van der Waals surface area (Å²) in [4.78, 5) is 70.0. The molecular formula is C65H79N11O8S. The molecule has 2 aromatic heterocycles. The Hall–Kier alpha value is -7.14. The third-order valence-electron chi connectivity index (χ3n) is 16.8. The van der Waals surface area contributed by atoms with E-state index in [4.69, 9.17) is 23.9 Å². The monoisotopic (exact) mass is 1170 g/mol. The van der Waals surface area contributed by atoms with Crippen LogP contribution in [0.25, 0.3) is 21.7 Å². The summed E-state index contributed by atoms with van der Waals surface area (Å²) in [7, 11) is 0. The highest BCUT2D eigenvalue weighted by Gasteiger charge is 2.46. The number of ether oxygens (including phenoxy) is 4. The molecule has 11 rings (SSSR count). The predicted octanol–water partition coefficient (Wildman–Crippen LogP) is 6.87.